The molecule has 2 heterocycles. The molecule has 2 aromatic carbocycles. The summed E-state index contributed by atoms with van der Waals surface area (Å²) >= 11 is 0. The second-order valence-electron chi connectivity index (χ2n) is 7.61. The average Bonchev–Trinajstić information content (AvgIpc) is 3.19. The molecule has 0 fully saturated rings. The number of aromatic carboxylic acids is 1. The minimum Gasteiger partial charge on any atom is -0.488 e. The fraction of sp³-hybridized carbons (Fsp3) is 0.160. The van der Waals surface area contributed by atoms with Gasteiger partial charge in [-0.05, 0) is 41.8 Å². The maximum absolute atomic E-state index is 12.4. The van der Waals surface area contributed by atoms with Gasteiger partial charge in [0, 0.05) is 18.2 Å². The summed E-state index contributed by atoms with van der Waals surface area (Å²) in [6, 6.07) is 14.6. The van der Waals surface area contributed by atoms with E-state index in [0.717, 1.165) is 16.7 Å². The number of carboxylic acids is 1. The Kier molecular flexibility index (Phi) is 5.99. The van der Waals surface area contributed by atoms with E-state index in [4.69, 9.17) is 9.47 Å². The topological polar surface area (TPSA) is 111 Å². The standard InChI is InChI=1S/C25H22N2O6/c1-3-32-21-13-19(33-23(21)27-14-15(2)22(28)26-25(27)31)12-18-11-17(24(29)30)9-10-20(18)16-7-5-4-6-8-16/h3-11,13-14,21,23H,1,12H2,2H3,(H,29,30)(H,26,28,31)/t21-,23-/m1/s1. The fourth-order valence-electron chi connectivity index (χ4n) is 3.80. The molecular formula is C25H22N2O6. The lowest BCUT2D eigenvalue weighted by molar-refractivity contribution is -0.0105. The first-order valence-electron chi connectivity index (χ1n) is 10.2. The lowest BCUT2D eigenvalue weighted by Crippen LogP contribution is -2.36. The molecule has 1 aromatic heterocycles. The van der Waals surface area contributed by atoms with Gasteiger partial charge in [-0.25, -0.2) is 9.59 Å². The van der Waals surface area contributed by atoms with Crippen LogP contribution < -0.4 is 11.2 Å². The molecule has 2 atom stereocenters. The van der Waals surface area contributed by atoms with Crippen molar-refractivity contribution < 1.29 is 19.4 Å². The van der Waals surface area contributed by atoms with Crippen molar-refractivity contribution in [3.05, 3.63) is 117 Å². The van der Waals surface area contributed by atoms with Crippen molar-refractivity contribution in [1.29, 1.82) is 0 Å². The third-order valence-electron chi connectivity index (χ3n) is 5.38. The number of nitrogens with one attached hydrogen (secondary N) is 1. The van der Waals surface area contributed by atoms with Crippen LogP contribution in [0.25, 0.3) is 11.1 Å². The van der Waals surface area contributed by atoms with E-state index in [1.165, 1.54) is 17.0 Å². The fourth-order valence-corrected chi connectivity index (χ4v) is 3.80. The lowest BCUT2D eigenvalue weighted by Gasteiger charge is -2.21. The van der Waals surface area contributed by atoms with Gasteiger partial charge in [0.05, 0.1) is 11.8 Å². The molecule has 8 heteroatoms. The monoisotopic (exact) mass is 446 g/mol. The molecule has 1 aliphatic rings. The van der Waals surface area contributed by atoms with Gasteiger partial charge in [0.25, 0.3) is 5.56 Å². The van der Waals surface area contributed by atoms with Gasteiger partial charge in [0.1, 0.15) is 5.76 Å². The minimum absolute atomic E-state index is 0.159. The number of carbonyl (C=O) groups is 1. The first-order valence-corrected chi connectivity index (χ1v) is 10.2. The molecule has 8 nitrogen and oxygen atoms in total. The number of ether oxygens (including phenoxy) is 2. The van der Waals surface area contributed by atoms with Crippen LogP contribution in [0.15, 0.2) is 89.0 Å². The van der Waals surface area contributed by atoms with E-state index in [2.05, 4.69) is 11.6 Å². The molecule has 0 bridgehead atoms. The van der Waals surface area contributed by atoms with Crippen LogP contribution in [0.3, 0.4) is 0 Å². The summed E-state index contributed by atoms with van der Waals surface area (Å²) in [5, 5.41) is 9.47. The molecule has 0 saturated carbocycles. The Morgan fingerprint density at radius 3 is 2.70 bits per heavy atom. The van der Waals surface area contributed by atoms with Crippen LogP contribution in [0.5, 0.6) is 0 Å². The van der Waals surface area contributed by atoms with Crippen LogP contribution in [0.4, 0.5) is 0 Å². The quantitative estimate of drug-likeness (QED) is 0.538. The Bertz CT molecular complexity index is 1350. The van der Waals surface area contributed by atoms with Gasteiger partial charge in [-0.2, -0.15) is 0 Å². The van der Waals surface area contributed by atoms with Crippen molar-refractivity contribution >= 4 is 5.97 Å². The van der Waals surface area contributed by atoms with Crippen LogP contribution in [0.1, 0.15) is 27.7 Å². The second-order valence-corrected chi connectivity index (χ2v) is 7.61. The number of hydrogen-bond acceptors (Lipinski definition) is 5. The number of aromatic amines is 1. The van der Waals surface area contributed by atoms with E-state index in [1.54, 1.807) is 31.2 Å². The van der Waals surface area contributed by atoms with E-state index in [1.807, 2.05) is 30.3 Å². The zero-order valence-corrected chi connectivity index (χ0v) is 17.9. The molecular weight excluding hydrogens is 424 g/mol. The smallest absolute Gasteiger partial charge is 0.335 e. The van der Waals surface area contributed by atoms with Crippen LogP contribution >= 0.6 is 0 Å². The largest absolute Gasteiger partial charge is 0.488 e. The third-order valence-corrected chi connectivity index (χ3v) is 5.38. The number of H-pyrrole nitrogens is 1. The molecule has 0 radical (unpaired) electrons. The molecule has 4 rings (SSSR count). The van der Waals surface area contributed by atoms with Gasteiger partial charge in [0.2, 0.25) is 6.23 Å². The maximum Gasteiger partial charge on any atom is 0.335 e. The molecule has 0 amide bonds. The molecule has 3 aromatic rings. The van der Waals surface area contributed by atoms with E-state index < -0.39 is 29.6 Å². The van der Waals surface area contributed by atoms with Crippen LogP contribution in [-0.2, 0) is 15.9 Å². The highest BCUT2D eigenvalue weighted by atomic mass is 16.6. The highest BCUT2D eigenvalue weighted by Crippen LogP contribution is 2.33. The van der Waals surface area contributed by atoms with Gasteiger partial charge in [-0.1, -0.05) is 43.0 Å². The van der Waals surface area contributed by atoms with E-state index in [-0.39, 0.29) is 12.0 Å². The number of hydrogen-bond donors (Lipinski definition) is 2. The second kappa shape index (κ2) is 9.04. The van der Waals surface area contributed by atoms with Crippen molar-refractivity contribution in [2.45, 2.75) is 25.7 Å². The van der Waals surface area contributed by atoms with E-state index >= 15 is 0 Å². The molecule has 0 spiro atoms. The summed E-state index contributed by atoms with van der Waals surface area (Å²) in [6.07, 6.45) is 3.15. The van der Waals surface area contributed by atoms with E-state index in [9.17, 15) is 19.5 Å². The Labute approximate surface area is 189 Å². The van der Waals surface area contributed by atoms with Crippen molar-refractivity contribution in [3.63, 3.8) is 0 Å². The minimum atomic E-state index is -1.03. The first-order chi connectivity index (χ1) is 15.9. The van der Waals surface area contributed by atoms with Crippen molar-refractivity contribution in [2.24, 2.45) is 0 Å². The number of allylic oxidation sites excluding steroid dienone is 1. The summed E-state index contributed by atoms with van der Waals surface area (Å²) in [4.78, 5) is 38.0. The summed E-state index contributed by atoms with van der Waals surface area (Å²) in [5.74, 6) is -0.527. The normalized spacial score (nSPS) is 17.2. The molecule has 33 heavy (non-hydrogen) atoms. The van der Waals surface area contributed by atoms with Gasteiger partial charge < -0.3 is 14.6 Å². The van der Waals surface area contributed by atoms with Crippen molar-refractivity contribution in [1.82, 2.24) is 9.55 Å². The number of rotatable bonds is 7. The van der Waals surface area contributed by atoms with Crippen LogP contribution in [0, 0.1) is 6.92 Å². The first kappa shape index (κ1) is 21.9. The maximum atomic E-state index is 12.4. The summed E-state index contributed by atoms with van der Waals surface area (Å²) in [5.41, 5.74) is 1.96. The molecule has 2 N–H and O–H groups in total. The number of aryl methyl sites for hydroxylation is 1. The van der Waals surface area contributed by atoms with Crippen molar-refractivity contribution in [2.75, 3.05) is 0 Å². The highest BCUT2D eigenvalue weighted by molar-refractivity contribution is 5.89. The van der Waals surface area contributed by atoms with Crippen molar-refractivity contribution in [3.8, 4) is 11.1 Å². The predicted octanol–water partition coefficient (Wildman–Crippen LogP) is 3.39. The Morgan fingerprint density at radius 1 is 1.24 bits per heavy atom. The molecule has 0 unspecified atom stereocenters. The van der Waals surface area contributed by atoms with Crippen LogP contribution in [-0.4, -0.2) is 26.7 Å². The SMILES string of the molecule is C=CO[C@@H]1C=C(Cc2cc(C(=O)O)ccc2-c2ccccc2)O[C@H]1n1cc(C)c(=O)[nH]c1=O. The Balaban J connectivity index is 1.71. The van der Waals surface area contributed by atoms with Gasteiger partial charge in [-0.3, -0.25) is 14.3 Å². The zero-order valence-electron chi connectivity index (χ0n) is 17.9. The van der Waals surface area contributed by atoms with Crippen LogP contribution in [0.2, 0.25) is 0 Å². The Morgan fingerprint density at radius 2 is 2.00 bits per heavy atom. The summed E-state index contributed by atoms with van der Waals surface area (Å²) in [6.45, 7) is 5.17. The molecule has 0 saturated heterocycles. The number of nitrogens with zero attached hydrogens (tertiary/aromatic N) is 1. The average molecular weight is 446 g/mol. The van der Waals surface area contributed by atoms with Gasteiger partial charge >= 0.3 is 11.7 Å². The number of benzene rings is 2. The highest BCUT2D eigenvalue weighted by Gasteiger charge is 2.33. The number of aromatic nitrogens is 2. The Hall–Kier alpha value is -4.33. The zero-order chi connectivity index (χ0) is 23.5. The molecule has 0 aliphatic carbocycles. The third kappa shape index (κ3) is 4.50. The van der Waals surface area contributed by atoms with Gasteiger partial charge in [-0.15, -0.1) is 0 Å². The molecule has 168 valence electrons. The summed E-state index contributed by atoms with van der Waals surface area (Å²) in [7, 11) is 0. The predicted molar refractivity (Wildman–Crippen MR) is 122 cm³/mol. The van der Waals surface area contributed by atoms with Gasteiger partial charge in [0.15, 0.2) is 6.10 Å². The lowest BCUT2D eigenvalue weighted by atomic mass is 9.95. The number of carboxylic acid groups (broad SMARTS) is 1. The molecule has 1 aliphatic heterocycles. The van der Waals surface area contributed by atoms with E-state index in [0.29, 0.717) is 11.3 Å². The summed E-state index contributed by atoms with van der Waals surface area (Å²) < 4.78 is 12.9.